The standard InChI is InChI=1S/C34H54N8O7/c1-20(2)19-22(37-29(44)24-10-5-15-39(24)30(45)21(3)35)31(46)40-16-6-11-25(40)33(48)42-18-8-13-27(42)34(49)41-17-7-12-26(41)32(47)38-14-4-9-23(38)28(36)43/h20-27H,4-19,35H2,1-3H3,(H2,36,43)(H,37,44)/t21-,22-,23-,24-,25-,26-,27-/m0/s1. The molecule has 7 atom stereocenters. The van der Waals surface area contributed by atoms with Crippen molar-refractivity contribution in [3.63, 3.8) is 0 Å². The highest BCUT2D eigenvalue weighted by Gasteiger charge is 2.48. The summed E-state index contributed by atoms with van der Waals surface area (Å²) in [5.41, 5.74) is 11.4. The molecule has 0 aromatic heterocycles. The summed E-state index contributed by atoms with van der Waals surface area (Å²) in [6.45, 7) is 7.45. The van der Waals surface area contributed by atoms with Gasteiger partial charge in [-0.2, -0.15) is 0 Å². The molecule has 15 heteroatoms. The second-order valence-corrected chi connectivity index (χ2v) is 14.8. The Kier molecular flexibility index (Phi) is 11.5. The zero-order valence-electron chi connectivity index (χ0n) is 29.2. The quantitative estimate of drug-likeness (QED) is 0.268. The first-order valence-corrected chi connectivity index (χ1v) is 18.2. The lowest BCUT2D eigenvalue weighted by Crippen LogP contribution is -2.59. The third kappa shape index (κ3) is 7.56. The first-order valence-electron chi connectivity index (χ1n) is 18.2. The highest BCUT2D eigenvalue weighted by atomic mass is 16.2. The van der Waals surface area contributed by atoms with E-state index in [1.54, 1.807) is 21.6 Å². The maximum absolute atomic E-state index is 14.2. The second-order valence-electron chi connectivity index (χ2n) is 14.8. The van der Waals surface area contributed by atoms with Crippen molar-refractivity contribution in [3.05, 3.63) is 0 Å². The molecule has 0 spiro atoms. The number of hydrogen-bond acceptors (Lipinski definition) is 8. The molecule has 5 heterocycles. The van der Waals surface area contributed by atoms with E-state index < -0.39 is 54.1 Å². The zero-order chi connectivity index (χ0) is 35.6. The SMILES string of the molecule is CC(C)C[C@H](NC(=O)[C@@H]1CCCN1C(=O)[C@H](C)N)C(=O)N1CCC[C@H]1C(=O)N1CCC[C@H]1C(=O)N1CCC[C@H]1C(=O)N1CCC[C@H]1C(N)=O. The molecule has 5 rings (SSSR count). The molecule has 0 unspecified atom stereocenters. The summed E-state index contributed by atoms with van der Waals surface area (Å²) in [6.07, 6.45) is 5.95. The van der Waals surface area contributed by atoms with E-state index in [9.17, 15) is 33.6 Å². The minimum absolute atomic E-state index is 0.0619. The fourth-order valence-electron chi connectivity index (χ4n) is 8.49. The van der Waals surface area contributed by atoms with Crippen LogP contribution in [0.25, 0.3) is 0 Å². The fraction of sp³-hybridized carbons (Fsp3) is 0.794. The summed E-state index contributed by atoms with van der Waals surface area (Å²) in [4.78, 5) is 102. The van der Waals surface area contributed by atoms with E-state index in [1.165, 1.54) is 9.80 Å². The Morgan fingerprint density at radius 1 is 0.571 bits per heavy atom. The number of rotatable bonds is 10. The molecule has 0 bridgehead atoms. The van der Waals surface area contributed by atoms with Gasteiger partial charge in [0.25, 0.3) is 0 Å². The molecule has 15 nitrogen and oxygen atoms in total. The number of nitrogens with zero attached hydrogens (tertiary/aromatic N) is 5. The molecule has 272 valence electrons. The van der Waals surface area contributed by atoms with Gasteiger partial charge in [-0.15, -0.1) is 0 Å². The minimum Gasteiger partial charge on any atom is -0.368 e. The lowest BCUT2D eigenvalue weighted by Gasteiger charge is -2.36. The van der Waals surface area contributed by atoms with Gasteiger partial charge in [0, 0.05) is 32.7 Å². The van der Waals surface area contributed by atoms with Gasteiger partial charge in [-0.3, -0.25) is 33.6 Å². The summed E-state index contributed by atoms with van der Waals surface area (Å²) < 4.78 is 0. The minimum atomic E-state index is -0.879. The van der Waals surface area contributed by atoms with E-state index in [1.807, 2.05) is 13.8 Å². The predicted molar refractivity (Wildman–Crippen MR) is 178 cm³/mol. The summed E-state index contributed by atoms with van der Waals surface area (Å²) in [7, 11) is 0. The number of primary amides is 1. The Morgan fingerprint density at radius 2 is 0.939 bits per heavy atom. The number of likely N-dealkylation sites (tertiary alicyclic amines) is 5. The second kappa shape index (κ2) is 15.4. The maximum Gasteiger partial charge on any atom is 0.246 e. The number of nitrogens with two attached hydrogens (primary N) is 2. The lowest BCUT2D eigenvalue weighted by atomic mass is 10.0. The number of amides is 7. The van der Waals surface area contributed by atoms with Gasteiger partial charge in [-0.25, -0.2) is 0 Å². The van der Waals surface area contributed by atoms with Gasteiger partial charge in [-0.05, 0) is 83.5 Å². The Balaban J connectivity index is 1.27. The molecule has 0 radical (unpaired) electrons. The molecule has 5 aliphatic rings. The third-order valence-corrected chi connectivity index (χ3v) is 10.9. The first kappa shape index (κ1) is 36.5. The van der Waals surface area contributed by atoms with Crippen LogP contribution in [0.1, 0.15) is 91.4 Å². The molecular formula is C34H54N8O7. The van der Waals surface area contributed by atoms with Crippen LogP contribution in [-0.4, -0.2) is 141 Å². The van der Waals surface area contributed by atoms with E-state index in [2.05, 4.69) is 5.32 Å². The van der Waals surface area contributed by atoms with Gasteiger partial charge in [0.15, 0.2) is 0 Å². The number of hydrogen-bond donors (Lipinski definition) is 3. The zero-order valence-corrected chi connectivity index (χ0v) is 29.2. The van der Waals surface area contributed by atoms with Crippen molar-refractivity contribution in [1.29, 1.82) is 0 Å². The van der Waals surface area contributed by atoms with Crippen molar-refractivity contribution in [2.45, 2.75) is 134 Å². The number of carbonyl (C=O) groups is 7. The highest BCUT2D eigenvalue weighted by Crippen LogP contribution is 2.31. The maximum atomic E-state index is 14.2. The largest absolute Gasteiger partial charge is 0.368 e. The van der Waals surface area contributed by atoms with Crippen molar-refractivity contribution < 1.29 is 33.6 Å². The van der Waals surface area contributed by atoms with Crippen LogP contribution >= 0.6 is 0 Å². The molecule has 5 aliphatic heterocycles. The number of nitrogens with one attached hydrogen (secondary N) is 1. The molecular weight excluding hydrogens is 632 g/mol. The van der Waals surface area contributed by atoms with Gasteiger partial charge in [0.05, 0.1) is 6.04 Å². The first-order chi connectivity index (χ1) is 23.3. The van der Waals surface area contributed by atoms with E-state index >= 15 is 0 Å². The smallest absolute Gasteiger partial charge is 0.246 e. The van der Waals surface area contributed by atoms with Crippen LogP contribution in [-0.2, 0) is 33.6 Å². The predicted octanol–water partition coefficient (Wildman–Crippen LogP) is -0.695. The Labute approximate surface area is 288 Å². The normalized spacial score (nSPS) is 28.3. The van der Waals surface area contributed by atoms with Crippen LogP contribution in [0.15, 0.2) is 0 Å². The monoisotopic (exact) mass is 686 g/mol. The average molecular weight is 687 g/mol. The number of carbonyl (C=O) groups excluding carboxylic acids is 7. The van der Waals surface area contributed by atoms with Crippen molar-refractivity contribution in [1.82, 2.24) is 29.8 Å². The highest BCUT2D eigenvalue weighted by molar-refractivity contribution is 5.98. The lowest BCUT2D eigenvalue weighted by molar-refractivity contribution is -0.153. The van der Waals surface area contributed by atoms with Crippen molar-refractivity contribution in [3.8, 4) is 0 Å². The van der Waals surface area contributed by atoms with Crippen LogP contribution in [0.4, 0.5) is 0 Å². The van der Waals surface area contributed by atoms with Crippen molar-refractivity contribution >= 4 is 41.4 Å². The summed E-state index contributed by atoms with van der Waals surface area (Å²) >= 11 is 0. The van der Waals surface area contributed by atoms with Crippen molar-refractivity contribution in [2.75, 3.05) is 32.7 Å². The fourth-order valence-corrected chi connectivity index (χ4v) is 8.49. The molecule has 0 aliphatic carbocycles. The summed E-state index contributed by atoms with van der Waals surface area (Å²) in [6, 6.07) is -5.21. The molecule has 0 aromatic rings. The molecule has 0 saturated carbocycles. The van der Waals surface area contributed by atoms with Gasteiger partial charge in [0.2, 0.25) is 41.4 Å². The van der Waals surface area contributed by atoms with Crippen LogP contribution in [0, 0.1) is 5.92 Å². The summed E-state index contributed by atoms with van der Waals surface area (Å²) in [5.74, 6) is -2.37. The van der Waals surface area contributed by atoms with Crippen LogP contribution in [0.5, 0.6) is 0 Å². The average Bonchev–Trinajstić information content (AvgIpc) is 3.91. The van der Waals surface area contributed by atoms with E-state index in [0.29, 0.717) is 103 Å². The molecule has 5 N–H and O–H groups in total. The van der Waals surface area contributed by atoms with Gasteiger partial charge in [0.1, 0.15) is 36.3 Å². The van der Waals surface area contributed by atoms with Crippen LogP contribution in [0.3, 0.4) is 0 Å². The van der Waals surface area contributed by atoms with Crippen molar-refractivity contribution in [2.24, 2.45) is 17.4 Å². The van der Waals surface area contributed by atoms with Gasteiger partial charge >= 0.3 is 0 Å². The molecule has 49 heavy (non-hydrogen) atoms. The Morgan fingerprint density at radius 3 is 1.37 bits per heavy atom. The van der Waals surface area contributed by atoms with Gasteiger partial charge in [-0.1, -0.05) is 13.8 Å². The van der Waals surface area contributed by atoms with E-state index in [-0.39, 0.29) is 35.5 Å². The van der Waals surface area contributed by atoms with Gasteiger partial charge < -0.3 is 41.3 Å². The molecule has 5 saturated heterocycles. The topological polar surface area (TPSA) is 200 Å². The summed E-state index contributed by atoms with van der Waals surface area (Å²) in [5, 5.41) is 2.92. The Bertz CT molecular complexity index is 1320. The molecule has 0 aromatic carbocycles. The third-order valence-electron chi connectivity index (χ3n) is 10.9. The van der Waals surface area contributed by atoms with E-state index in [0.717, 1.165) is 0 Å². The molecule has 7 amide bonds. The van der Waals surface area contributed by atoms with Crippen LogP contribution < -0.4 is 16.8 Å². The van der Waals surface area contributed by atoms with E-state index in [4.69, 9.17) is 11.5 Å². The Hall–Kier alpha value is -3.75. The molecule has 5 fully saturated rings. The van der Waals surface area contributed by atoms with Crippen LogP contribution in [0.2, 0.25) is 0 Å².